The van der Waals surface area contributed by atoms with Crippen LogP contribution in [0.1, 0.15) is 11.3 Å². The van der Waals surface area contributed by atoms with Crippen LogP contribution in [0.2, 0.25) is 0 Å². The second kappa shape index (κ2) is 6.55. The van der Waals surface area contributed by atoms with Gasteiger partial charge in [-0.15, -0.1) is 11.3 Å². The van der Waals surface area contributed by atoms with Gasteiger partial charge in [0.15, 0.2) is 9.84 Å². The normalized spacial score (nSPS) is 20.5. The lowest BCUT2D eigenvalue weighted by molar-refractivity contribution is 0.336. The zero-order chi connectivity index (χ0) is 17.4. The Morgan fingerprint density at radius 1 is 1.25 bits per heavy atom. The number of sulfone groups is 1. The number of hydrogen-bond donors (Lipinski definition) is 0. The van der Waals surface area contributed by atoms with Crippen LogP contribution in [0.25, 0.3) is 0 Å². The lowest BCUT2D eigenvalue weighted by atomic mass is 10.2. The molecule has 1 aromatic carbocycles. The molecule has 1 aromatic heterocycles. The Bertz CT molecular complexity index is 923. The quantitative estimate of drug-likeness (QED) is 0.786. The average molecular weight is 389 g/mol. The second-order valence-electron chi connectivity index (χ2n) is 5.64. The molecule has 1 atom stereocenters. The van der Waals surface area contributed by atoms with Crippen LogP contribution in [0.5, 0.6) is 0 Å². The van der Waals surface area contributed by atoms with Crippen LogP contribution < -0.4 is 0 Å². The predicted octanol–water partition coefficient (Wildman–Crippen LogP) is 2.27. The van der Waals surface area contributed by atoms with Crippen LogP contribution in [0.4, 0.5) is 4.39 Å². The van der Waals surface area contributed by atoms with E-state index in [2.05, 4.69) is 0 Å². The summed E-state index contributed by atoms with van der Waals surface area (Å²) in [5.41, 5.74) is 0. The van der Waals surface area contributed by atoms with Crippen LogP contribution in [0.15, 0.2) is 46.7 Å². The van der Waals surface area contributed by atoms with Gasteiger partial charge in [-0.3, -0.25) is 0 Å². The average Bonchev–Trinajstić information content (AvgIpc) is 3.14. The van der Waals surface area contributed by atoms with Crippen molar-refractivity contribution < 1.29 is 21.2 Å². The summed E-state index contributed by atoms with van der Waals surface area (Å²) in [7, 11) is -7.24. The topological polar surface area (TPSA) is 71.5 Å². The Kier molecular flexibility index (Phi) is 4.78. The van der Waals surface area contributed by atoms with Gasteiger partial charge in [-0.05, 0) is 36.1 Å². The van der Waals surface area contributed by atoms with Crippen LogP contribution >= 0.6 is 11.3 Å². The minimum Gasteiger partial charge on any atom is -0.229 e. The van der Waals surface area contributed by atoms with Gasteiger partial charge >= 0.3 is 0 Å². The molecule has 1 aliphatic heterocycles. The van der Waals surface area contributed by atoms with Crippen molar-refractivity contribution in [1.82, 2.24) is 4.31 Å². The van der Waals surface area contributed by atoms with Gasteiger partial charge < -0.3 is 0 Å². The van der Waals surface area contributed by atoms with Gasteiger partial charge in [0.05, 0.1) is 16.4 Å². The molecule has 0 aliphatic carbocycles. The standard InChI is InChI=1S/C15H16FNO4S3/c16-12-3-1-5-15(9-12)24(20,21)17(10-14-4-2-7-22-14)13-6-8-23(18,19)11-13/h1-5,7,9,13H,6,8,10-11H2/t13-/m0/s1. The molecule has 0 N–H and O–H groups in total. The number of sulfonamides is 1. The first-order chi connectivity index (χ1) is 11.3. The molecule has 0 saturated carbocycles. The lowest BCUT2D eigenvalue weighted by Gasteiger charge is -2.27. The third kappa shape index (κ3) is 3.69. The van der Waals surface area contributed by atoms with E-state index in [9.17, 15) is 21.2 Å². The molecule has 0 unspecified atom stereocenters. The summed E-state index contributed by atoms with van der Waals surface area (Å²) in [4.78, 5) is 0.641. The highest BCUT2D eigenvalue weighted by Gasteiger charge is 2.39. The highest BCUT2D eigenvalue weighted by molar-refractivity contribution is 7.92. The van der Waals surface area contributed by atoms with E-state index in [0.717, 1.165) is 10.9 Å². The Hall–Kier alpha value is -1.29. The van der Waals surface area contributed by atoms with Crippen LogP contribution in [-0.2, 0) is 26.4 Å². The number of benzene rings is 1. The Morgan fingerprint density at radius 2 is 2.04 bits per heavy atom. The number of thiophene rings is 1. The number of nitrogens with zero attached hydrogens (tertiary/aromatic N) is 1. The Balaban J connectivity index is 2.00. The van der Waals surface area contributed by atoms with Gasteiger partial charge in [-0.25, -0.2) is 21.2 Å². The molecule has 0 radical (unpaired) electrons. The van der Waals surface area contributed by atoms with Crippen molar-refractivity contribution in [1.29, 1.82) is 0 Å². The van der Waals surface area contributed by atoms with Gasteiger partial charge in [-0.1, -0.05) is 12.1 Å². The van der Waals surface area contributed by atoms with Gasteiger partial charge in [0, 0.05) is 17.5 Å². The maximum Gasteiger partial charge on any atom is 0.243 e. The van der Waals surface area contributed by atoms with Crippen molar-refractivity contribution >= 4 is 31.2 Å². The molecule has 0 amide bonds. The largest absolute Gasteiger partial charge is 0.243 e. The summed E-state index contributed by atoms with van der Waals surface area (Å²) >= 11 is 1.39. The highest BCUT2D eigenvalue weighted by Crippen LogP contribution is 2.28. The van der Waals surface area contributed by atoms with Crippen molar-refractivity contribution in [2.45, 2.75) is 23.9 Å². The third-order valence-corrected chi connectivity index (χ3v) is 8.42. The zero-order valence-corrected chi connectivity index (χ0v) is 15.1. The molecule has 2 aromatic rings. The van der Waals surface area contributed by atoms with E-state index in [-0.39, 0.29) is 29.4 Å². The second-order valence-corrected chi connectivity index (χ2v) is 10.8. The molecule has 24 heavy (non-hydrogen) atoms. The Morgan fingerprint density at radius 3 is 2.62 bits per heavy atom. The van der Waals surface area contributed by atoms with E-state index in [1.54, 1.807) is 12.1 Å². The summed E-state index contributed by atoms with van der Waals surface area (Å²) in [6.45, 7) is 0.0801. The molecule has 1 fully saturated rings. The molecule has 2 heterocycles. The first kappa shape index (κ1) is 17.5. The molecular formula is C15H16FNO4S3. The molecule has 5 nitrogen and oxygen atoms in total. The Labute approximate surface area is 144 Å². The number of rotatable bonds is 5. The van der Waals surface area contributed by atoms with Gasteiger partial charge in [0.1, 0.15) is 5.82 Å². The fraction of sp³-hybridized carbons (Fsp3) is 0.333. The summed E-state index contributed by atoms with van der Waals surface area (Å²) in [5, 5.41) is 1.83. The SMILES string of the molecule is O=S1(=O)CC[C@H](N(Cc2cccs2)S(=O)(=O)c2cccc(F)c2)C1. The molecule has 0 spiro atoms. The summed E-state index contributed by atoms with van der Waals surface area (Å²) in [6, 6.07) is 7.74. The van der Waals surface area contributed by atoms with E-state index in [1.165, 1.54) is 33.8 Å². The van der Waals surface area contributed by atoms with E-state index in [4.69, 9.17) is 0 Å². The van der Waals surface area contributed by atoms with Crippen LogP contribution in [0.3, 0.4) is 0 Å². The molecule has 9 heteroatoms. The first-order valence-corrected chi connectivity index (χ1v) is 11.4. The fourth-order valence-corrected chi connectivity index (χ4v) is 7.01. The van der Waals surface area contributed by atoms with Crippen molar-refractivity contribution in [3.8, 4) is 0 Å². The van der Waals surface area contributed by atoms with Gasteiger partial charge in [-0.2, -0.15) is 4.31 Å². The zero-order valence-electron chi connectivity index (χ0n) is 12.6. The first-order valence-electron chi connectivity index (χ1n) is 7.28. The number of hydrogen-bond acceptors (Lipinski definition) is 5. The van der Waals surface area contributed by atoms with Crippen molar-refractivity contribution in [3.05, 3.63) is 52.5 Å². The molecule has 1 aliphatic rings. The van der Waals surface area contributed by atoms with E-state index in [0.29, 0.717) is 0 Å². The third-order valence-electron chi connectivity index (χ3n) is 3.91. The predicted molar refractivity (Wildman–Crippen MR) is 90.5 cm³/mol. The summed E-state index contributed by atoms with van der Waals surface area (Å²) < 4.78 is 64.2. The van der Waals surface area contributed by atoms with E-state index < -0.39 is 31.7 Å². The smallest absolute Gasteiger partial charge is 0.229 e. The minimum atomic E-state index is -4.00. The van der Waals surface area contributed by atoms with Crippen molar-refractivity contribution in [2.24, 2.45) is 0 Å². The van der Waals surface area contributed by atoms with Crippen LogP contribution in [-0.4, -0.2) is 38.7 Å². The van der Waals surface area contributed by atoms with Gasteiger partial charge in [0.2, 0.25) is 10.0 Å². The van der Waals surface area contributed by atoms with E-state index >= 15 is 0 Å². The summed E-state index contributed by atoms with van der Waals surface area (Å²) in [6.07, 6.45) is 0.252. The number of halogens is 1. The van der Waals surface area contributed by atoms with Gasteiger partial charge in [0.25, 0.3) is 0 Å². The van der Waals surface area contributed by atoms with Crippen molar-refractivity contribution in [3.63, 3.8) is 0 Å². The molecular weight excluding hydrogens is 373 g/mol. The maximum atomic E-state index is 13.5. The molecule has 130 valence electrons. The molecule has 0 bridgehead atoms. The van der Waals surface area contributed by atoms with Crippen molar-refractivity contribution in [2.75, 3.05) is 11.5 Å². The molecule has 1 saturated heterocycles. The summed E-state index contributed by atoms with van der Waals surface area (Å²) in [5.74, 6) is -0.879. The maximum absolute atomic E-state index is 13.5. The monoisotopic (exact) mass is 389 g/mol. The lowest BCUT2D eigenvalue weighted by Crippen LogP contribution is -2.40. The molecule has 3 rings (SSSR count). The minimum absolute atomic E-state index is 0.0305. The van der Waals surface area contributed by atoms with E-state index in [1.807, 2.05) is 5.38 Å². The fourth-order valence-electron chi connectivity index (χ4n) is 2.73. The highest BCUT2D eigenvalue weighted by atomic mass is 32.2. The van der Waals surface area contributed by atoms with Crippen LogP contribution in [0, 0.1) is 5.82 Å².